The standard InChI is InChI=1S/C24H27N3O4S/c1-15-7-9-16(10-8-15)27-20(28)12-11-17(21(27)18-6-5-13-32-18)22(29)30-14-19-25-23(26-31-19)24(2,3)4/h5-10,13,17,21H,11-12,14H2,1-4H3. The number of hydrogen-bond donors (Lipinski definition) is 0. The first-order chi connectivity index (χ1) is 15.2. The molecule has 0 saturated carbocycles. The van der Waals surface area contributed by atoms with Crippen LogP contribution in [0.5, 0.6) is 0 Å². The summed E-state index contributed by atoms with van der Waals surface area (Å²) in [5, 5.41) is 5.93. The molecule has 3 aromatic rings. The first-order valence-electron chi connectivity index (χ1n) is 10.7. The molecule has 168 valence electrons. The lowest BCUT2D eigenvalue weighted by Gasteiger charge is -2.39. The van der Waals surface area contributed by atoms with Gasteiger partial charge in [-0.3, -0.25) is 9.59 Å². The number of anilines is 1. The van der Waals surface area contributed by atoms with E-state index in [1.165, 1.54) is 11.3 Å². The quantitative estimate of drug-likeness (QED) is 0.507. The van der Waals surface area contributed by atoms with E-state index in [2.05, 4.69) is 10.1 Å². The number of amides is 1. The van der Waals surface area contributed by atoms with E-state index in [9.17, 15) is 9.59 Å². The van der Waals surface area contributed by atoms with E-state index in [-0.39, 0.29) is 36.2 Å². The largest absolute Gasteiger partial charge is 0.455 e. The normalized spacial score (nSPS) is 19.2. The maximum Gasteiger partial charge on any atom is 0.311 e. The third-order valence-electron chi connectivity index (χ3n) is 5.52. The van der Waals surface area contributed by atoms with Crippen molar-refractivity contribution in [2.75, 3.05) is 4.90 Å². The van der Waals surface area contributed by atoms with Crippen molar-refractivity contribution in [3.63, 3.8) is 0 Å². The fourth-order valence-corrected chi connectivity index (χ4v) is 4.67. The minimum atomic E-state index is -0.488. The molecule has 32 heavy (non-hydrogen) atoms. The van der Waals surface area contributed by atoms with Crippen molar-refractivity contribution >= 4 is 28.9 Å². The molecule has 0 radical (unpaired) electrons. The maximum absolute atomic E-state index is 13.2. The summed E-state index contributed by atoms with van der Waals surface area (Å²) in [6, 6.07) is 11.3. The van der Waals surface area contributed by atoms with Gasteiger partial charge in [0.05, 0.1) is 12.0 Å². The lowest BCUT2D eigenvalue weighted by molar-refractivity contribution is -0.153. The number of nitrogens with zero attached hydrogens (tertiary/aromatic N) is 3. The molecular weight excluding hydrogens is 426 g/mol. The molecule has 1 aliphatic heterocycles. The summed E-state index contributed by atoms with van der Waals surface area (Å²) < 4.78 is 10.8. The van der Waals surface area contributed by atoms with Crippen LogP contribution in [0.1, 0.15) is 61.8 Å². The Hall–Kier alpha value is -3.00. The van der Waals surface area contributed by atoms with Crippen LogP contribution in [0.25, 0.3) is 0 Å². The Balaban J connectivity index is 1.57. The van der Waals surface area contributed by atoms with Crippen LogP contribution in [0.4, 0.5) is 5.69 Å². The Morgan fingerprint density at radius 3 is 2.62 bits per heavy atom. The van der Waals surface area contributed by atoms with Crippen LogP contribution in [-0.4, -0.2) is 22.0 Å². The predicted octanol–water partition coefficient (Wildman–Crippen LogP) is 4.96. The summed E-state index contributed by atoms with van der Waals surface area (Å²) in [7, 11) is 0. The monoisotopic (exact) mass is 453 g/mol. The van der Waals surface area contributed by atoms with Gasteiger partial charge in [0.25, 0.3) is 5.89 Å². The van der Waals surface area contributed by atoms with E-state index >= 15 is 0 Å². The van der Waals surface area contributed by atoms with Gasteiger partial charge in [-0.2, -0.15) is 4.98 Å². The van der Waals surface area contributed by atoms with Gasteiger partial charge in [0, 0.05) is 22.4 Å². The summed E-state index contributed by atoms with van der Waals surface area (Å²) in [6.07, 6.45) is 0.712. The van der Waals surface area contributed by atoms with Crippen LogP contribution in [0, 0.1) is 12.8 Å². The van der Waals surface area contributed by atoms with Gasteiger partial charge in [0.2, 0.25) is 5.91 Å². The number of carbonyl (C=O) groups excluding carboxylic acids is 2. The topological polar surface area (TPSA) is 85.5 Å². The van der Waals surface area contributed by atoms with Gasteiger partial charge in [0.1, 0.15) is 0 Å². The maximum atomic E-state index is 13.2. The molecule has 0 aliphatic carbocycles. The van der Waals surface area contributed by atoms with Gasteiger partial charge in [0.15, 0.2) is 12.4 Å². The molecule has 2 aromatic heterocycles. The molecule has 1 saturated heterocycles. The molecule has 0 N–H and O–H groups in total. The number of aryl methyl sites for hydroxylation is 1. The van der Waals surface area contributed by atoms with Crippen LogP contribution < -0.4 is 4.90 Å². The smallest absolute Gasteiger partial charge is 0.311 e. The number of ether oxygens (including phenoxy) is 1. The number of carbonyl (C=O) groups is 2. The second-order valence-electron chi connectivity index (χ2n) is 9.07. The highest BCUT2D eigenvalue weighted by Gasteiger charge is 2.43. The second kappa shape index (κ2) is 8.86. The van der Waals surface area contributed by atoms with Gasteiger partial charge in [-0.15, -0.1) is 11.3 Å². The fraction of sp³-hybridized carbons (Fsp3) is 0.417. The zero-order chi connectivity index (χ0) is 22.9. The molecule has 2 atom stereocenters. The number of thiophene rings is 1. The minimum absolute atomic E-state index is 0.00280. The molecule has 3 heterocycles. The Bertz CT molecular complexity index is 1080. The minimum Gasteiger partial charge on any atom is -0.455 e. The first kappa shape index (κ1) is 22.2. The lowest BCUT2D eigenvalue weighted by atomic mass is 9.87. The highest BCUT2D eigenvalue weighted by Crippen LogP contribution is 2.42. The van der Waals surface area contributed by atoms with Crippen molar-refractivity contribution in [3.8, 4) is 0 Å². The molecule has 0 bridgehead atoms. The number of hydrogen-bond acceptors (Lipinski definition) is 7. The summed E-state index contributed by atoms with van der Waals surface area (Å²) in [5.74, 6) is -0.0312. The third-order valence-corrected chi connectivity index (χ3v) is 6.47. The van der Waals surface area contributed by atoms with Gasteiger partial charge in [-0.05, 0) is 36.9 Å². The van der Waals surface area contributed by atoms with Crippen LogP contribution in [0.15, 0.2) is 46.3 Å². The molecule has 1 fully saturated rings. The van der Waals surface area contributed by atoms with Crippen molar-refractivity contribution in [3.05, 3.63) is 63.9 Å². The first-order valence-corrected chi connectivity index (χ1v) is 11.5. The predicted molar refractivity (Wildman–Crippen MR) is 121 cm³/mol. The number of rotatable bonds is 5. The summed E-state index contributed by atoms with van der Waals surface area (Å²) >= 11 is 1.53. The Kier molecular flexibility index (Phi) is 6.15. The number of piperidine rings is 1. The molecule has 2 unspecified atom stereocenters. The van der Waals surface area contributed by atoms with Gasteiger partial charge < -0.3 is 14.2 Å². The van der Waals surface area contributed by atoms with Crippen LogP contribution >= 0.6 is 11.3 Å². The zero-order valence-electron chi connectivity index (χ0n) is 18.7. The fourth-order valence-electron chi connectivity index (χ4n) is 3.79. The van der Waals surface area contributed by atoms with Gasteiger partial charge in [-0.1, -0.05) is 49.7 Å². The van der Waals surface area contributed by atoms with E-state index in [0.717, 1.165) is 16.1 Å². The van der Waals surface area contributed by atoms with E-state index in [1.807, 2.05) is 69.5 Å². The Morgan fingerprint density at radius 1 is 1.25 bits per heavy atom. The summed E-state index contributed by atoms with van der Waals surface area (Å²) in [5.41, 5.74) is 1.63. The zero-order valence-corrected chi connectivity index (χ0v) is 19.5. The van der Waals surface area contributed by atoms with Crippen molar-refractivity contribution in [2.24, 2.45) is 5.92 Å². The summed E-state index contributed by atoms with van der Waals surface area (Å²) in [6.45, 7) is 7.86. The average Bonchev–Trinajstić information content (AvgIpc) is 3.44. The molecule has 1 amide bonds. The molecule has 1 aromatic carbocycles. The average molecular weight is 454 g/mol. The van der Waals surface area contributed by atoms with Crippen LogP contribution in [-0.2, 0) is 26.3 Å². The Morgan fingerprint density at radius 2 is 2.00 bits per heavy atom. The molecule has 4 rings (SSSR count). The number of esters is 1. The highest BCUT2D eigenvalue weighted by molar-refractivity contribution is 7.10. The summed E-state index contributed by atoms with van der Waals surface area (Å²) in [4.78, 5) is 33.2. The third kappa shape index (κ3) is 4.60. The SMILES string of the molecule is Cc1ccc(N2C(=O)CCC(C(=O)OCc3nc(C(C)(C)C)no3)C2c2cccs2)cc1. The van der Waals surface area contributed by atoms with Gasteiger partial charge in [-0.25, -0.2) is 0 Å². The van der Waals surface area contributed by atoms with Gasteiger partial charge >= 0.3 is 5.97 Å². The lowest BCUT2D eigenvalue weighted by Crippen LogP contribution is -2.45. The van der Waals surface area contributed by atoms with Crippen molar-refractivity contribution in [1.82, 2.24) is 10.1 Å². The molecule has 1 aliphatic rings. The van der Waals surface area contributed by atoms with Crippen LogP contribution in [0.2, 0.25) is 0 Å². The molecule has 8 heteroatoms. The second-order valence-corrected chi connectivity index (χ2v) is 10.1. The molecule has 7 nitrogen and oxygen atoms in total. The van der Waals surface area contributed by atoms with Crippen molar-refractivity contribution in [1.29, 1.82) is 0 Å². The molecule has 0 spiro atoms. The van der Waals surface area contributed by atoms with Crippen LogP contribution in [0.3, 0.4) is 0 Å². The van der Waals surface area contributed by atoms with E-state index < -0.39 is 12.0 Å². The van der Waals surface area contributed by atoms with Crippen molar-refractivity contribution < 1.29 is 18.8 Å². The number of aromatic nitrogens is 2. The van der Waals surface area contributed by atoms with Crippen molar-refractivity contribution in [2.45, 2.75) is 58.6 Å². The number of benzene rings is 1. The van der Waals surface area contributed by atoms with E-state index in [1.54, 1.807) is 4.90 Å². The molecular formula is C24H27N3O4S. The van der Waals surface area contributed by atoms with E-state index in [4.69, 9.17) is 9.26 Å². The van der Waals surface area contributed by atoms with E-state index in [0.29, 0.717) is 12.2 Å². The highest BCUT2D eigenvalue weighted by atomic mass is 32.1. The Labute approximate surface area is 191 Å².